The van der Waals surface area contributed by atoms with Crippen molar-refractivity contribution < 1.29 is 24.6 Å². The SMILES string of the molecule is CC(C)(C)ON1CCC(O)(C(=O)O)CC1=C=O. The van der Waals surface area contributed by atoms with Crippen molar-refractivity contribution in [2.75, 3.05) is 6.54 Å². The number of carboxylic acids is 1. The van der Waals surface area contributed by atoms with Crippen LogP contribution in [0.2, 0.25) is 0 Å². The zero-order valence-corrected chi connectivity index (χ0v) is 10.2. The molecule has 0 aliphatic carbocycles. The molecule has 1 atom stereocenters. The van der Waals surface area contributed by atoms with Crippen LogP contribution in [0.25, 0.3) is 0 Å². The van der Waals surface area contributed by atoms with E-state index in [2.05, 4.69) is 0 Å². The molecule has 1 aliphatic rings. The summed E-state index contributed by atoms with van der Waals surface area (Å²) in [7, 11) is 0. The van der Waals surface area contributed by atoms with Crippen molar-refractivity contribution in [1.82, 2.24) is 5.06 Å². The molecule has 1 heterocycles. The molecule has 0 aromatic rings. The summed E-state index contributed by atoms with van der Waals surface area (Å²) < 4.78 is 0. The van der Waals surface area contributed by atoms with Crippen molar-refractivity contribution in [3.63, 3.8) is 0 Å². The number of hydroxylamine groups is 2. The van der Waals surface area contributed by atoms with Gasteiger partial charge in [-0.25, -0.2) is 14.7 Å². The van der Waals surface area contributed by atoms with E-state index >= 15 is 0 Å². The first-order valence-corrected chi connectivity index (χ1v) is 5.34. The molecule has 1 fully saturated rings. The standard InChI is InChI=1S/C11H17NO5/c1-10(2,3)17-12-5-4-11(16,9(14)15)6-8(12)7-13/h16H,4-6H2,1-3H3,(H,14,15). The number of aliphatic carboxylic acids is 1. The molecule has 96 valence electrons. The molecule has 0 aromatic carbocycles. The number of hydrogen-bond donors (Lipinski definition) is 2. The average molecular weight is 243 g/mol. The lowest BCUT2D eigenvalue weighted by Gasteiger charge is -2.38. The normalized spacial score (nSPS) is 25.6. The van der Waals surface area contributed by atoms with E-state index in [4.69, 9.17) is 9.94 Å². The second-order valence-corrected chi connectivity index (χ2v) is 5.12. The van der Waals surface area contributed by atoms with Gasteiger partial charge in [-0.15, -0.1) is 0 Å². The van der Waals surface area contributed by atoms with Gasteiger partial charge in [-0.1, -0.05) is 0 Å². The van der Waals surface area contributed by atoms with Gasteiger partial charge in [0.2, 0.25) is 0 Å². The number of hydrogen-bond acceptors (Lipinski definition) is 5. The topological polar surface area (TPSA) is 87.1 Å². The summed E-state index contributed by atoms with van der Waals surface area (Å²) in [5.41, 5.74) is -2.37. The third-order valence-electron chi connectivity index (χ3n) is 2.39. The van der Waals surface area contributed by atoms with Crippen LogP contribution in [-0.2, 0) is 14.4 Å². The van der Waals surface area contributed by atoms with E-state index in [9.17, 15) is 14.7 Å². The van der Waals surface area contributed by atoms with Crippen LogP contribution in [0.1, 0.15) is 33.6 Å². The quantitative estimate of drug-likeness (QED) is 0.680. The summed E-state index contributed by atoms with van der Waals surface area (Å²) >= 11 is 0. The van der Waals surface area contributed by atoms with Gasteiger partial charge in [0.05, 0.1) is 5.60 Å². The summed E-state index contributed by atoms with van der Waals surface area (Å²) in [5, 5.41) is 20.0. The molecule has 1 saturated heterocycles. The maximum atomic E-state index is 10.9. The first kappa shape index (κ1) is 13.7. The molecule has 0 amide bonds. The predicted octanol–water partition coefficient (Wildman–Crippen LogP) is 0.343. The zero-order valence-electron chi connectivity index (χ0n) is 10.2. The molecular formula is C11H17NO5. The maximum Gasteiger partial charge on any atom is 0.336 e. The van der Waals surface area contributed by atoms with E-state index in [-0.39, 0.29) is 25.1 Å². The van der Waals surface area contributed by atoms with Gasteiger partial charge in [0, 0.05) is 19.4 Å². The summed E-state index contributed by atoms with van der Waals surface area (Å²) in [4.78, 5) is 27.1. The number of nitrogens with zero attached hydrogens (tertiary/aromatic N) is 1. The molecule has 0 radical (unpaired) electrons. The molecule has 0 saturated carbocycles. The largest absolute Gasteiger partial charge is 0.479 e. The van der Waals surface area contributed by atoms with E-state index < -0.39 is 17.2 Å². The highest BCUT2D eigenvalue weighted by molar-refractivity contribution is 5.78. The van der Waals surface area contributed by atoms with Gasteiger partial charge in [0.25, 0.3) is 0 Å². The summed E-state index contributed by atoms with van der Waals surface area (Å²) in [6, 6.07) is 0. The molecule has 6 nitrogen and oxygen atoms in total. The summed E-state index contributed by atoms with van der Waals surface area (Å²) in [6.07, 6.45) is -0.286. The van der Waals surface area contributed by atoms with Crippen molar-refractivity contribution in [2.24, 2.45) is 0 Å². The molecular weight excluding hydrogens is 226 g/mol. The van der Waals surface area contributed by atoms with Crippen LogP contribution in [0.15, 0.2) is 5.70 Å². The van der Waals surface area contributed by atoms with Crippen LogP contribution in [0.3, 0.4) is 0 Å². The van der Waals surface area contributed by atoms with Crippen LogP contribution >= 0.6 is 0 Å². The Hall–Kier alpha value is -1.36. The summed E-state index contributed by atoms with van der Waals surface area (Å²) in [5.74, 6) is 0.298. The Kier molecular flexibility index (Phi) is 3.62. The Morgan fingerprint density at radius 3 is 2.53 bits per heavy atom. The lowest BCUT2D eigenvalue weighted by atomic mass is 9.90. The van der Waals surface area contributed by atoms with Crippen LogP contribution in [0, 0.1) is 0 Å². The highest BCUT2D eigenvalue weighted by Crippen LogP contribution is 2.30. The van der Waals surface area contributed by atoms with Crippen LogP contribution in [0.4, 0.5) is 0 Å². The van der Waals surface area contributed by atoms with E-state index in [0.717, 1.165) is 0 Å². The van der Waals surface area contributed by atoms with E-state index in [1.165, 1.54) is 5.06 Å². The molecule has 0 aromatic heterocycles. The number of rotatable bonds is 2. The molecule has 2 N–H and O–H groups in total. The van der Waals surface area contributed by atoms with Crippen molar-refractivity contribution in [3.05, 3.63) is 5.70 Å². The minimum Gasteiger partial charge on any atom is -0.479 e. The number of carboxylic acid groups (broad SMARTS) is 1. The first-order valence-electron chi connectivity index (χ1n) is 5.34. The van der Waals surface area contributed by atoms with Gasteiger partial charge >= 0.3 is 5.97 Å². The Bertz CT molecular complexity index is 367. The molecule has 6 heteroatoms. The van der Waals surface area contributed by atoms with E-state index in [1.54, 1.807) is 5.94 Å². The van der Waals surface area contributed by atoms with Gasteiger partial charge in [0.1, 0.15) is 11.6 Å². The Morgan fingerprint density at radius 1 is 1.53 bits per heavy atom. The molecule has 17 heavy (non-hydrogen) atoms. The van der Waals surface area contributed by atoms with Crippen molar-refractivity contribution in [3.8, 4) is 0 Å². The third-order valence-corrected chi connectivity index (χ3v) is 2.39. The average Bonchev–Trinajstić information content (AvgIpc) is 2.18. The van der Waals surface area contributed by atoms with Crippen molar-refractivity contribution in [1.29, 1.82) is 0 Å². The van der Waals surface area contributed by atoms with Crippen LogP contribution < -0.4 is 0 Å². The minimum atomic E-state index is -1.90. The molecule has 1 aliphatic heterocycles. The van der Waals surface area contributed by atoms with Crippen LogP contribution in [-0.4, -0.2) is 44.9 Å². The molecule has 1 unspecified atom stereocenters. The molecule has 0 spiro atoms. The summed E-state index contributed by atoms with van der Waals surface area (Å²) in [6.45, 7) is 5.58. The van der Waals surface area contributed by atoms with E-state index in [1.807, 2.05) is 20.8 Å². The number of piperidine rings is 1. The number of aliphatic hydroxyl groups is 1. The van der Waals surface area contributed by atoms with Crippen molar-refractivity contribution >= 4 is 11.9 Å². The Balaban J connectivity index is 2.84. The van der Waals surface area contributed by atoms with Gasteiger partial charge in [-0.05, 0) is 20.8 Å². The third kappa shape index (κ3) is 3.30. The zero-order chi connectivity index (χ0) is 13.3. The number of carbonyl (C=O) groups excluding carboxylic acids is 1. The monoisotopic (exact) mass is 243 g/mol. The highest BCUT2D eigenvalue weighted by atomic mass is 16.7. The van der Waals surface area contributed by atoms with Gasteiger partial charge in [-0.2, -0.15) is 0 Å². The predicted molar refractivity (Wildman–Crippen MR) is 58.6 cm³/mol. The smallest absolute Gasteiger partial charge is 0.336 e. The fourth-order valence-corrected chi connectivity index (χ4v) is 1.58. The second kappa shape index (κ2) is 4.49. The van der Waals surface area contributed by atoms with Crippen molar-refractivity contribution in [2.45, 2.75) is 44.8 Å². The maximum absolute atomic E-state index is 10.9. The molecule has 1 rings (SSSR count). The van der Waals surface area contributed by atoms with Gasteiger partial charge in [0.15, 0.2) is 5.60 Å². The fourth-order valence-electron chi connectivity index (χ4n) is 1.58. The minimum absolute atomic E-state index is 0.00356. The Morgan fingerprint density at radius 2 is 2.12 bits per heavy atom. The first-order chi connectivity index (χ1) is 7.68. The highest BCUT2D eigenvalue weighted by Gasteiger charge is 2.43. The van der Waals surface area contributed by atoms with Gasteiger partial charge < -0.3 is 10.2 Å². The lowest BCUT2D eigenvalue weighted by Crippen LogP contribution is -2.49. The lowest BCUT2D eigenvalue weighted by molar-refractivity contribution is -0.227. The fraction of sp³-hybridized carbons (Fsp3) is 0.727. The molecule has 0 bridgehead atoms. The number of carbonyl (C=O) groups is 1. The Labute approximate surface area is 99.4 Å². The van der Waals surface area contributed by atoms with Gasteiger partial charge in [-0.3, -0.25) is 4.84 Å². The van der Waals surface area contributed by atoms with E-state index in [0.29, 0.717) is 0 Å². The second-order valence-electron chi connectivity index (χ2n) is 5.12. The van der Waals surface area contributed by atoms with Crippen LogP contribution in [0.5, 0.6) is 0 Å².